The Bertz CT molecular complexity index is 755. The maximum atomic E-state index is 11.5. The zero-order valence-electron chi connectivity index (χ0n) is 11.7. The molecule has 1 fully saturated rings. The fraction of sp³-hybridized carbons (Fsp3) is 0.462. The summed E-state index contributed by atoms with van der Waals surface area (Å²) < 4.78 is 24.8. The third kappa shape index (κ3) is 2.76. The molecular formula is C13H17N5O2S. The second kappa shape index (κ2) is 5.10. The average molecular weight is 307 g/mol. The summed E-state index contributed by atoms with van der Waals surface area (Å²) in [5.74, 6) is 0.959. The monoisotopic (exact) mass is 307 g/mol. The van der Waals surface area contributed by atoms with Crippen LogP contribution in [0, 0.1) is 6.92 Å². The Balaban J connectivity index is 1.96. The maximum absolute atomic E-state index is 11.5. The lowest BCUT2D eigenvalue weighted by molar-refractivity contribution is 0.408. The smallest absolute Gasteiger partial charge is 0.184 e. The van der Waals surface area contributed by atoms with Crippen LogP contribution in [0.3, 0.4) is 0 Å². The molecule has 21 heavy (non-hydrogen) atoms. The van der Waals surface area contributed by atoms with Crippen molar-refractivity contribution in [3.05, 3.63) is 23.8 Å². The molecule has 0 aliphatic carbocycles. The van der Waals surface area contributed by atoms with Gasteiger partial charge in [-0.1, -0.05) is 11.6 Å². The van der Waals surface area contributed by atoms with Gasteiger partial charge in [0.25, 0.3) is 0 Å². The second-order valence-corrected chi connectivity index (χ2v) is 7.72. The summed E-state index contributed by atoms with van der Waals surface area (Å²) in [6.45, 7) is 1.98. The molecule has 1 aromatic carbocycles. The van der Waals surface area contributed by atoms with E-state index in [1.807, 2.05) is 25.1 Å². The molecule has 112 valence electrons. The van der Waals surface area contributed by atoms with Crippen LogP contribution in [0.5, 0.6) is 0 Å². The molecular weight excluding hydrogens is 290 g/mol. The summed E-state index contributed by atoms with van der Waals surface area (Å²) in [5, 5.41) is 11.9. The molecule has 0 bridgehead atoms. The molecule has 7 nitrogen and oxygen atoms in total. The highest BCUT2D eigenvalue weighted by atomic mass is 32.2. The Kier molecular flexibility index (Phi) is 3.40. The van der Waals surface area contributed by atoms with E-state index < -0.39 is 9.84 Å². The number of aryl methyl sites for hydroxylation is 1. The van der Waals surface area contributed by atoms with Crippen LogP contribution < -0.4 is 5.73 Å². The van der Waals surface area contributed by atoms with Gasteiger partial charge >= 0.3 is 0 Å². The van der Waals surface area contributed by atoms with E-state index in [9.17, 15) is 8.42 Å². The number of nitrogen functional groups attached to an aromatic ring is 1. The Morgan fingerprint density at radius 2 is 2.00 bits per heavy atom. The van der Waals surface area contributed by atoms with Crippen molar-refractivity contribution in [3.8, 4) is 11.4 Å². The van der Waals surface area contributed by atoms with Crippen molar-refractivity contribution in [2.45, 2.75) is 25.8 Å². The van der Waals surface area contributed by atoms with Crippen LogP contribution in [0.15, 0.2) is 18.2 Å². The highest BCUT2D eigenvalue weighted by Gasteiger charge is 2.28. The van der Waals surface area contributed by atoms with Gasteiger partial charge in [0, 0.05) is 11.3 Å². The quantitative estimate of drug-likeness (QED) is 0.829. The van der Waals surface area contributed by atoms with Gasteiger partial charge in [-0.05, 0) is 42.3 Å². The average Bonchev–Trinajstić information content (AvgIpc) is 2.90. The maximum Gasteiger partial charge on any atom is 0.184 e. The van der Waals surface area contributed by atoms with Crippen LogP contribution >= 0.6 is 0 Å². The largest absolute Gasteiger partial charge is 0.398 e. The van der Waals surface area contributed by atoms with E-state index >= 15 is 0 Å². The zero-order chi connectivity index (χ0) is 15.0. The number of hydrogen-bond acceptors (Lipinski definition) is 6. The van der Waals surface area contributed by atoms with Crippen LogP contribution in [0.25, 0.3) is 11.4 Å². The molecule has 2 N–H and O–H groups in total. The van der Waals surface area contributed by atoms with Gasteiger partial charge in [0.1, 0.15) is 9.84 Å². The van der Waals surface area contributed by atoms with E-state index in [4.69, 9.17) is 5.73 Å². The third-order valence-corrected chi connectivity index (χ3v) is 5.53. The number of anilines is 1. The number of rotatable bonds is 2. The first-order valence-electron chi connectivity index (χ1n) is 6.81. The van der Waals surface area contributed by atoms with Gasteiger partial charge in [-0.2, -0.15) is 0 Å². The molecule has 2 aromatic rings. The number of hydrogen-bond donors (Lipinski definition) is 1. The van der Waals surface area contributed by atoms with E-state index in [2.05, 4.69) is 15.5 Å². The summed E-state index contributed by atoms with van der Waals surface area (Å²) in [6, 6.07) is 5.70. The van der Waals surface area contributed by atoms with Crippen LogP contribution in [-0.2, 0) is 9.84 Å². The summed E-state index contributed by atoms with van der Waals surface area (Å²) in [6.07, 6.45) is 1.07. The van der Waals surface area contributed by atoms with Crippen molar-refractivity contribution in [3.63, 3.8) is 0 Å². The molecule has 8 heteroatoms. The summed E-state index contributed by atoms with van der Waals surface area (Å²) >= 11 is 0. The molecule has 0 saturated carbocycles. The molecule has 0 spiro atoms. The SMILES string of the molecule is Cc1ccc(N)c(-c2nnnn2C2CCS(=O)(=O)CC2)c1. The zero-order valence-corrected chi connectivity index (χ0v) is 12.5. The van der Waals surface area contributed by atoms with E-state index in [0.717, 1.165) is 11.1 Å². The number of tetrazole rings is 1. The first kappa shape index (κ1) is 14.0. The number of nitrogens with zero attached hydrogens (tertiary/aromatic N) is 4. The first-order valence-corrected chi connectivity index (χ1v) is 8.63. The molecule has 0 unspecified atom stereocenters. The minimum absolute atomic E-state index is 0.00145. The predicted molar refractivity (Wildman–Crippen MR) is 79.3 cm³/mol. The van der Waals surface area contributed by atoms with Gasteiger partial charge in [0.2, 0.25) is 0 Å². The molecule has 1 aromatic heterocycles. The molecule has 3 rings (SSSR count). The molecule has 0 amide bonds. The van der Waals surface area contributed by atoms with E-state index in [1.165, 1.54) is 0 Å². The highest BCUT2D eigenvalue weighted by Crippen LogP contribution is 2.30. The van der Waals surface area contributed by atoms with Crippen LogP contribution in [0.1, 0.15) is 24.4 Å². The number of aromatic nitrogens is 4. The second-order valence-electron chi connectivity index (χ2n) is 5.42. The highest BCUT2D eigenvalue weighted by molar-refractivity contribution is 7.91. The van der Waals surface area contributed by atoms with Crippen LogP contribution in [0.2, 0.25) is 0 Å². The summed E-state index contributed by atoms with van der Waals surface area (Å²) in [7, 11) is -2.91. The fourth-order valence-corrected chi connectivity index (χ4v) is 4.07. The number of nitrogens with two attached hydrogens (primary N) is 1. The number of sulfone groups is 1. The standard InChI is InChI=1S/C13H17N5O2S/c1-9-2-3-12(14)11(8-9)13-15-16-17-18(13)10-4-6-21(19,20)7-5-10/h2-3,8,10H,4-7,14H2,1H3. The Morgan fingerprint density at radius 3 is 2.71 bits per heavy atom. The molecule has 2 heterocycles. The van der Waals surface area contributed by atoms with E-state index in [-0.39, 0.29) is 17.5 Å². The van der Waals surface area contributed by atoms with Gasteiger partial charge < -0.3 is 5.73 Å². The lowest BCUT2D eigenvalue weighted by atomic mass is 10.1. The summed E-state index contributed by atoms with van der Waals surface area (Å²) in [4.78, 5) is 0. The van der Waals surface area contributed by atoms with Crippen LogP contribution in [-0.4, -0.2) is 40.1 Å². The van der Waals surface area contributed by atoms with Crippen molar-refractivity contribution >= 4 is 15.5 Å². The Labute approximate surface area is 123 Å². The van der Waals surface area contributed by atoms with Gasteiger partial charge in [0.05, 0.1) is 17.5 Å². The van der Waals surface area contributed by atoms with Crippen LogP contribution in [0.4, 0.5) is 5.69 Å². The fourth-order valence-electron chi connectivity index (χ4n) is 2.60. The predicted octanol–water partition coefficient (Wildman–Crippen LogP) is 0.980. The molecule has 0 radical (unpaired) electrons. The van der Waals surface area contributed by atoms with Crippen molar-refractivity contribution < 1.29 is 8.42 Å². The topological polar surface area (TPSA) is 104 Å². The third-order valence-electron chi connectivity index (χ3n) is 3.81. The van der Waals surface area contributed by atoms with E-state index in [0.29, 0.717) is 24.4 Å². The van der Waals surface area contributed by atoms with Gasteiger partial charge in [-0.15, -0.1) is 5.10 Å². The van der Waals surface area contributed by atoms with Crippen molar-refractivity contribution in [1.29, 1.82) is 0 Å². The van der Waals surface area contributed by atoms with E-state index in [1.54, 1.807) is 4.68 Å². The lowest BCUT2D eigenvalue weighted by Gasteiger charge is -2.22. The Morgan fingerprint density at radius 1 is 1.29 bits per heavy atom. The van der Waals surface area contributed by atoms with Gasteiger partial charge in [0.15, 0.2) is 5.82 Å². The molecule has 0 atom stereocenters. The minimum Gasteiger partial charge on any atom is -0.398 e. The van der Waals surface area contributed by atoms with Crippen molar-refractivity contribution in [1.82, 2.24) is 20.2 Å². The molecule has 1 aliphatic heterocycles. The lowest BCUT2D eigenvalue weighted by Crippen LogP contribution is -2.26. The van der Waals surface area contributed by atoms with Gasteiger partial charge in [-0.25, -0.2) is 13.1 Å². The summed E-state index contributed by atoms with van der Waals surface area (Å²) in [5.41, 5.74) is 8.48. The normalized spacial score (nSPS) is 18.7. The molecule has 1 saturated heterocycles. The molecule has 1 aliphatic rings. The Hall–Kier alpha value is -1.96. The first-order chi connectivity index (χ1) is 9.96. The van der Waals surface area contributed by atoms with Crippen molar-refractivity contribution in [2.24, 2.45) is 0 Å². The number of benzene rings is 1. The minimum atomic E-state index is -2.91. The van der Waals surface area contributed by atoms with Crippen molar-refractivity contribution in [2.75, 3.05) is 17.2 Å². The van der Waals surface area contributed by atoms with Gasteiger partial charge in [-0.3, -0.25) is 0 Å².